The number of hydrogen-bond donors (Lipinski definition) is 0. The van der Waals surface area contributed by atoms with Gasteiger partial charge in [-0.2, -0.15) is 0 Å². The summed E-state index contributed by atoms with van der Waals surface area (Å²) < 4.78 is 0. The molecule has 0 bridgehead atoms. The first-order valence-corrected chi connectivity index (χ1v) is 11.4. The summed E-state index contributed by atoms with van der Waals surface area (Å²) in [5.74, 6) is 1.00. The second-order valence-corrected chi connectivity index (χ2v) is 9.98. The number of carbonyl (C=O) groups excluding carboxylic acids is 2. The fourth-order valence-electron chi connectivity index (χ4n) is 3.47. The molecule has 1 unspecified atom stereocenters. The minimum atomic E-state index is 0.00546. The number of carbonyl (C=O) groups is 2. The predicted octanol–water partition coefficient (Wildman–Crippen LogP) is 1.29. The summed E-state index contributed by atoms with van der Waals surface area (Å²) >= 11 is 1.37. The van der Waals surface area contributed by atoms with E-state index in [9.17, 15) is 9.59 Å². The highest BCUT2D eigenvalue weighted by Crippen LogP contribution is 2.33. The molecule has 0 aromatic carbocycles. The van der Waals surface area contributed by atoms with Crippen LogP contribution >= 0.6 is 0 Å². The molecule has 0 aromatic rings. The Morgan fingerprint density at radius 3 is 1.85 bits per heavy atom. The van der Waals surface area contributed by atoms with Gasteiger partial charge in [0.25, 0.3) is 0 Å². The van der Waals surface area contributed by atoms with Crippen LogP contribution in [0.1, 0.15) is 34.1 Å². The SMILES string of the molecule is CC([CH2][AlH2])CC(C)(C)C.O=C1C=C(N2CC2)C(=O)C(N2CC2)=C1N1CC1. The lowest BCUT2D eigenvalue weighted by molar-refractivity contribution is -0.117. The van der Waals surface area contributed by atoms with E-state index < -0.39 is 0 Å². The van der Waals surface area contributed by atoms with Crippen molar-refractivity contribution in [3.05, 3.63) is 23.2 Å². The minimum absolute atomic E-state index is 0.00546. The van der Waals surface area contributed by atoms with Crippen LogP contribution in [0.3, 0.4) is 0 Å². The van der Waals surface area contributed by atoms with Gasteiger partial charge >= 0.3 is 0 Å². The Morgan fingerprint density at radius 1 is 0.962 bits per heavy atom. The summed E-state index contributed by atoms with van der Waals surface area (Å²) in [7, 11) is 0. The van der Waals surface area contributed by atoms with Gasteiger partial charge in [-0.3, -0.25) is 9.59 Å². The van der Waals surface area contributed by atoms with Crippen LogP contribution in [0.5, 0.6) is 0 Å². The van der Waals surface area contributed by atoms with Crippen molar-refractivity contribution in [3.63, 3.8) is 0 Å². The maximum Gasteiger partial charge on any atom is 0.227 e. The Labute approximate surface area is 165 Å². The number of ketones is 2. The average molecular weight is 373 g/mol. The highest BCUT2D eigenvalue weighted by molar-refractivity contribution is 6.22. The largest absolute Gasteiger partial charge is 0.365 e. The van der Waals surface area contributed by atoms with Crippen LogP contribution in [0.15, 0.2) is 23.2 Å². The van der Waals surface area contributed by atoms with Gasteiger partial charge in [0.1, 0.15) is 11.4 Å². The van der Waals surface area contributed by atoms with Crippen molar-refractivity contribution < 1.29 is 9.59 Å². The second-order valence-electron chi connectivity index (χ2n) is 9.16. The summed E-state index contributed by atoms with van der Waals surface area (Å²) in [4.78, 5) is 30.5. The van der Waals surface area contributed by atoms with Crippen LogP contribution in [0, 0.1) is 11.3 Å². The van der Waals surface area contributed by atoms with Crippen LogP contribution in [0.4, 0.5) is 0 Å². The minimum Gasteiger partial charge on any atom is -0.365 e. The summed E-state index contributed by atoms with van der Waals surface area (Å²) in [6, 6.07) is 0. The van der Waals surface area contributed by atoms with Gasteiger partial charge in [0.05, 0.1) is 5.70 Å². The molecule has 0 radical (unpaired) electrons. The van der Waals surface area contributed by atoms with Crippen LogP contribution in [0.2, 0.25) is 5.28 Å². The molecule has 1 atom stereocenters. The topological polar surface area (TPSA) is 43.2 Å². The van der Waals surface area contributed by atoms with Gasteiger partial charge in [-0.1, -0.05) is 38.9 Å². The molecule has 6 heteroatoms. The Bertz CT molecular complexity index is 650. The first kappa shape index (κ1) is 19.5. The van der Waals surface area contributed by atoms with E-state index in [2.05, 4.69) is 27.7 Å². The Morgan fingerprint density at radius 2 is 1.46 bits per heavy atom. The molecule has 3 aliphatic heterocycles. The smallest absolute Gasteiger partial charge is 0.227 e. The van der Waals surface area contributed by atoms with Crippen molar-refractivity contribution in [2.45, 2.75) is 39.4 Å². The number of hydrogen-bond acceptors (Lipinski definition) is 5. The molecule has 0 aromatic heterocycles. The molecule has 5 nitrogen and oxygen atoms in total. The van der Waals surface area contributed by atoms with E-state index in [0.29, 0.717) is 22.5 Å². The fraction of sp³-hybridized carbons (Fsp3) is 0.700. The normalized spacial score (nSPS) is 22.8. The number of allylic oxidation sites excluding steroid dienone is 1. The maximum atomic E-state index is 12.4. The zero-order chi connectivity index (χ0) is 19.1. The summed E-state index contributed by atoms with van der Waals surface area (Å²) in [6.07, 6.45) is 2.91. The van der Waals surface area contributed by atoms with E-state index in [0.717, 1.165) is 45.2 Å². The van der Waals surface area contributed by atoms with Gasteiger partial charge in [-0.05, 0) is 11.8 Å². The van der Waals surface area contributed by atoms with Gasteiger partial charge < -0.3 is 14.7 Å². The number of Topliss-reactive ketones (excluding diaryl/α,β-unsaturated/α-hetero) is 1. The Hall–Kier alpha value is -1.25. The molecule has 1 aliphatic carbocycles. The highest BCUT2D eigenvalue weighted by atomic mass is 27.0. The van der Waals surface area contributed by atoms with Crippen molar-refractivity contribution in [2.24, 2.45) is 11.3 Å². The van der Waals surface area contributed by atoms with Gasteiger partial charge in [-0.25, -0.2) is 0 Å². The molecule has 4 aliphatic rings. The molecule has 142 valence electrons. The van der Waals surface area contributed by atoms with Crippen molar-refractivity contribution >= 4 is 27.9 Å². The molecular weight excluding hydrogens is 341 g/mol. The van der Waals surface area contributed by atoms with Gasteiger partial charge in [0, 0.05) is 45.3 Å². The molecule has 0 N–H and O–H groups in total. The maximum absolute atomic E-state index is 12.4. The van der Waals surface area contributed by atoms with Gasteiger partial charge in [0.15, 0.2) is 0 Å². The molecule has 4 rings (SSSR count). The summed E-state index contributed by atoms with van der Waals surface area (Å²) in [6.45, 7) is 14.7. The van der Waals surface area contributed by atoms with E-state index in [1.165, 1.54) is 34.1 Å². The second kappa shape index (κ2) is 7.40. The van der Waals surface area contributed by atoms with Crippen molar-refractivity contribution in [1.29, 1.82) is 0 Å². The van der Waals surface area contributed by atoms with Crippen LogP contribution in [0.25, 0.3) is 0 Å². The lowest BCUT2D eigenvalue weighted by Crippen LogP contribution is -2.29. The third-order valence-electron chi connectivity index (χ3n) is 5.15. The number of rotatable bonds is 5. The molecule has 0 amide bonds. The van der Waals surface area contributed by atoms with Crippen molar-refractivity contribution in [1.82, 2.24) is 14.7 Å². The zero-order valence-electron chi connectivity index (χ0n) is 17.0. The summed E-state index contributed by atoms with van der Waals surface area (Å²) in [5, 5.41) is 1.46. The third kappa shape index (κ3) is 4.93. The Kier molecular flexibility index (Phi) is 5.56. The zero-order valence-corrected chi connectivity index (χ0v) is 19.0. The van der Waals surface area contributed by atoms with E-state index in [4.69, 9.17) is 0 Å². The van der Waals surface area contributed by atoms with E-state index >= 15 is 0 Å². The van der Waals surface area contributed by atoms with Crippen molar-refractivity contribution in [2.75, 3.05) is 39.3 Å². The molecule has 26 heavy (non-hydrogen) atoms. The van der Waals surface area contributed by atoms with E-state index in [1.54, 1.807) is 0 Å². The molecule has 0 spiro atoms. The summed E-state index contributed by atoms with van der Waals surface area (Å²) in [5.41, 5.74) is 2.43. The molecular formula is C20H32AlN3O2. The van der Waals surface area contributed by atoms with E-state index in [-0.39, 0.29) is 11.6 Å². The predicted molar refractivity (Wildman–Crippen MR) is 106 cm³/mol. The van der Waals surface area contributed by atoms with Gasteiger partial charge in [0.2, 0.25) is 27.9 Å². The first-order valence-electron chi connectivity index (χ1n) is 10.0. The fourth-order valence-corrected chi connectivity index (χ4v) is 3.75. The Balaban J connectivity index is 0.000000188. The molecule has 0 saturated carbocycles. The quantitative estimate of drug-likeness (QED) is 0.413. The standard InChI is InChI=1S/C12H13N3O2.C8H17.Al.2H/c16-9-7-8(13-1-2-13)12(17)11(15-5-6-15)10(9)14-3-4-14;1-7(2)6-8(3,4)5;;;/h7H,1-6H2;7H,1,6H2,2-5H3;;;. The average Bonchev–Trinajstić information content (AvgIpc) is 3.37. The lowest BCUT2D eigenvalue weighted by atomic mass is 9.86. The van der Waals surface area contributed by atoms with Crippen LogP contribution in [-0.2, 0) is 9.59 Å². The van der Waals surface area contributed by atoms with Gasteiger partial charge in [-0.15, -0.1) is 0 Å². The van der Waals surface area contributed by atoms with Crippen LogP contribution < -0.4 is 0 Å². The molecule has 3 saturated heterocycles. The molecule has 3 fully saturated rings. The molecule has 3 heterocycles. The van der Waals surface area contributed by atoms with Crippen LogP contribution in [-0.4, -0.2) is 81.8 Å². The lowest BCUT2D eigenvalue weighted by Gasteiger charge is -2.22. The highest BCUT2D eigenvalue weighted by Gasteiger charge is 2.43. The third-order valence-corrected chi connectivity index (χ3v) is 6.54. The van der Waals surface area contributed by atoms with E-state index in [1.807, 2.05) is 14.7 Å². The first-order chi connectivity index (χ1) is 12.2. The number of nitrogens with zero attached hydrogens (tertiary/aromatic N) is 3. The van der Waals surface area contributed by atoms with Crippen molar-refractivity contribution in [3.8, 4) is 0 Å². The monoisotopic (exact) mass is 373 g/mol.